The number of ether oxygens (including phenoxy) is 1. The lowest BCUT2D eigenvalue weighted by molar-refractivity contribution is 0.393. The fraction of sp³-hybridized carbons (Fsp3) is 0.250. The van der Waals surface area contributed by atoms with Crippen molar-refractivity contribution in [3.8, 4) is 5.88 Å². The second-order valence-corrected chi connectivity index (χ2v) is 5.71. The summed E-state index contributed by atoms with van der Waals surface area (Å²) in [6, 6.07) is 4.20. The summed E-state index contributed by atoms with van der Waals surface area (Å²) >= 11 is 3.38. The van der Waals surface area contributed by atoms with Crippen molar-refractivity contribution in [3.63, 3.8) is 0 Å². The lowest BCUT2D eigenvalue weighted by atomic mass is 10.4. The third kappa shape index (κ3) is 2.14. The molecule has 6 heteroatoms. The van der Waals surface area contributed by atoms with Gasteiger partial charge in [-0.25, -0.2) is 0 Å². The van der Waals surface area contributed by atoms with Crippen LogP contribution in [-0.2, 0) is 13.1 Å². The van der Waals surface area contributed by atoms with E-state index in [4.69, 9.17) is 4.74 Å². The summed E-state index contributed by atoms with van der Waals surface area (Å²) in [5, 5.41) is 7.54. The first-order valence-electron chi connectivity index (χ1n) is 5.60. The molecule has 94 valence electrons. The molecule has 0 bridgehead atoms. The molecule has 0 saturated carbocycles. The number of fused-ring (bicyclic) bond motifs is 1. The highest BCUT2D eigenvalue weighted by Crippen LogP contribution is 2.23. The molecule has 0 aliphatic carbocycles. The molecular weight excluding hydrogens is 266 g/mol. The van der Waals surface area contributed by atoms with Crippen molar-refractivity contribution >= 4 is 27.6 Å². The number of nitrogens with zero attached hydrogens (tertiary/aromatic N) is 2. The molecule has 0 radical (unpaired) electrons. The van der Waals surface area contributed by atoms with Crippen LogP contribution in [0.5, 0.6) is 5.88 Å². The number of thiophene rings is 1. The monoisotopic (exact) mass is 279 g/mol. The van der Waals surface area contributed by atoms with E-state index in [1.807, 2.05) is 11.6 Å². The van der Waals surface area contributed by atoms with Gasteiger partial charge in [-0.1, -0.05) is 6.07 Å². The summed E-state index contributed by atoms with van der Waals surface area (Å²) in [6.45, 7) is 1.62. The molecule has 0 aliphatic rings. The minimum Gasteiger partial charge on any atom is -0.480 e. The largest absolute Gasteiger partial charge is 0.480 e. The Kier molecular flexibility index (Phi) is 3.31. The van der Waals surface area contributed by atoms with Crippen LogP contribution in [0.4, 0.5) is 0 Å². The van der Waals surface area contributed by atoms with Crippen LogP contribution >= 0.6 is 22.7 Å². The fourth-order valence-electron chi connectivity index (χ4n) is 1.85. The lowest BCUT2D eigenvalue weighted by Crippen LogP contribution is -2.13. The third-order valence-electron chi connectivity index (χ3n) is 2.69. The lowest BCUT2D eigenvalue weighted by Gasteiger charge is -2.04. The molecule has 4 nitrogen and oxygen atoms in total. The molecule has 0 amide bonds. The van der Waals surface area contributed by atoms with Crippen LogP contribution in [-0.4, -0.2) is 16.5 Å². The van der Waals surface area contributed by atoms with Crippen LogP contribution in [0.3, 0.4) is 0 Å². The molecule has 0 saturated heterocycles. The van der Waals surface area contributed by atoms with Crippen LogP contribution in [0.25, 0.3) is 4.96 Å². The van der Waals surface area contributed by atoms with Crippen LogP contribution in [0.2, 0.25) is 0 Å². The maximum absolute atomic E-state index is 5.31. The zero-order chi connectivity index (χ0) is 12.4. The summed E-state index contributed by atoms with van der Waals surface area (Å²) in [5.74, 6) is 0.709. The molecule has 0 fully saturated rings. The molecule has 0 aliphatic heterocycles. The second-order valence-electron chi connectivity index (χ2n) is 3.81. The Bertz CT molecular complexity index is 627. The number of nitrogens with one attached hydrogen (secondary N) is 1. The van der Waals surface area contributed by atoms with Crippen molar-refractivity contribution in [3.05, 3.63) is 39.7 Å². The minimum atomic E-state index is 0.709. The van der Waals surface area contributed by atoms with E-state index >= 15 is 0 Å². The number of rotatable bonds is 5. The molecule has 3 heterocycles. The van der Waals surface area contributed by atoms with Gasteiger partial charge in [0.1, 0.15) is 5.69 Å². The minimum absolute atomic E-state index is 0.709. The van der Waals surface area contributed by atoms with Crippen molar-refractivity contribution < 1.29 is 4.74 Å². The van der Waals surface area contributed by atoms with Crippen LogP contribution in [0.1, 0.15) is 10.6 Å². The van der Waals surface area contributed by atoms with Gasteiger partial charge in [-0.05, 0) is 11.4 Å². The average molecular weight is 279 g/mol. The standard InChI is InChI=1S/C12H13N3OS2/c1-16-11-10(15-4-6-18-12(15)14-11)8-13-7-9-3-2-5-17-9/h2-6,13H,7-8H2,1H3. The Morgan fingerprint density at radius 2 is 2.28 bits per heavy atom. The molecule has 3 aromatic heterocycles. The van der Waals surface area contributed by atoms with E-state index in [9.17, 15) is 0 Å². The Morgan fingerprint density at radius 3 is 3.06 bits per heavy atom. The maximum atomic E-state index is 5.31. The van der Waals surface area contributed by atoms with Crippen LogP contribution < -0.4 is 10.1 Å². The normalized spacial score (nSPS) is 11.2. The van der Waals surface area contributed by atoms with Gasteiger partial charge < -0.3 is 10.1 Å². The molecule has 0 spiro atoms. The number of aromatic nitrogens is 2. The van der Waals surface area contributed by atoms with Crippen molar-refractivity contribution in [1.29, 1.82) is 0 Å². The maximum Gasteiger partial charge on any atom is 0.237 e. The predicted octanol–water partition coefficient (Wildman–Crippen LogP) is 2.76. The van der Waals surface area contributed by atoms with E-state index < -0.39 is 0 Å². The SMILES string of the molecule is COc1nc2sccn2c1CNCc1cccs1. The van der Waals surface area contributed by atoms with E-state index in [1.54, 1.807) is 29.8 Å². The van der Waals surface area contributed by atoms with Crippen molar-refractivity contribution in [1.82, 2.24) is 14.7 Å². The smallest absolute Gasteiger partial charge is 0.237 e. The molecule has 0 aromatic carbocycles. The molecule has 3 aromatic rings. The van der Waals surface area contributed by atoms with Gasteiger partial charge in [0.05, 0.1) is 7.11 Å². The highest BCUT2D eigenvalue weighted by atomic mass is 32.1. The Labute approximate surface area is 113 Å². The van der Waals surface area contributed by atoms with Gasteiger partial charge in [-0.3, -0.25) is 4.40 Å². The number of imidazole rings is 1. The molecule has 18 heavy (non-hydrogen) atoms. The van der Waals surface area contributed by atoms with Gasteiger partial charge in [0.15, 0.2) is 4.96 Å². The van der Waals surface area contributed by atoms with Crippen molar-refractivity contribution in [2.45, 2.75) is 13.1 Å². The van der Waals surface area contributed by atoms with Gasteiger partial charge in [0.25, 0.3) is 0 Å². The fourth-order valence-corrected chi connectivity index (χ4v) is 3.25. The number of thiazole rings is 1. The topological polar surface area (TPSA) is 38.6 Å². The molecule has 0 atom stereocenters. The van der Waals surface area contributed by atoms with Crippen molar-refractivity contribution in [2.75, 3.05) is 7.11 Å². The van der Waals surface area contributed by atoms with Crippen molar-refractivity contribution in [2.24, 2.45) is 0 Å². The van der Waals surface area contributed by atoms with Crippen LogP contribution in [0, 0.1) is 0 Å². The summed E-state index contributed by atoms with van der Waals surface area (Å²) < 4.78 is 7.39. The van der Waals surface area contributed by atoms with E-state index in [0.717, 1.165) is 23.7 Å². The quantitative estimate of drug-likeness (QED) is 0.780. The van der Waals surface area contributed by atoms with E-state index in [1.165, 1.54) is 4.88 Å². The predicted molar refractivity (Wildman–Crippen MR) is 74.5 cm³/mol. The van der Waals surface area contributed by atoms with Gasteiger partial charge in [0.2, 0.25) is 5.88 Å². The molecule has 3 rings (SSSR count). The zero-order valence-electron chi connectivity index (χ0n) is 9.92. The number of methoxy groups -OCH3 is 1. The van der Waals surface area contributed by atoms with Crippen LogP contribution in [0.15, 0.2) is 29.1 Å². The average Bonchev–Trinajstić information content (AvgIpc) is 3.06. The first kappa shape index (κ1) is 11.7. The highest BCUT2D eigenvalue weighted by Gasteiger charge is 2.12. The summed E-state index contributed by atoms with van der Waals surface area (Å²) in [7, 11) is 1.66. The van der Waals surface area contributed by atoms with Gasteiger partial charge in [-0.15, -0.1) is 22.7 Å². The molecular formula is C12H13N3OS2. The molecule has 1 N–H and O–H groups in total. The summed E-state index contributed by atoms with van der Waals surface area (Å²) in [6.07, 6.45) is 2.03. The van der Waals surface area contributed by atoms with E-state index in [-0.39, 0.29) is 0 Å². The highest BCUT2D eigenvalue weighted by molar-refractivity contribution is 7.15. The Balaban J connectivity index is 1.74. The van der Waals surface area contributed by atoms with Gasteiger partial charge >= 0.3 is 0 Å². The van der Waals surface area contributed by atoms with Gasteiger partial charge in [-0.2, -0.15) is 4.98 Å². The zero-order valence-corrected chi connectivity index (χ0v) is 11.6. The number of hydrogen-bond acceptors (Lipinski definition) is 5. The summed E-state index contributed by atoms with van der Waals surface area (Å²) in [4.78, 5) is 6.73. The van der Waals surface area contributed by atoms with E-state index in [0.29, 0.717) is 5.88 Å². The summed E-state index contributed by atoms with van der Waals surface area (Å²) in [5.41, 5.74) is 1.07. The Hall–Kier alpha value is -1.37. The van der Waals surface area contributed by atoms with E-state index in [2.05, 4.69) is 32.2 Å². The first-order valence-corrected chi connectivity index (χ1v) is 7.36. The molecule has 0 unspecified atom stereocenters. The second kappa shape index (κ2) is 5.09. The first-order chi connectivity index (χ1) is 8.88. The third-order valence-corrected chi connectivity index (χ3v) is 4.32. The Morgan fingerprint density at radius 1 is 1.33 bits per heavy atom. The van der Waals surface area contributed by atoms with Gasteiger partial charge in [0, 0.05) is 29.5 Å². The number of hydrogen-bond donors (Lipinski definition) is 1.